The Morgan fingerprint density at radius 3 is 2.59 bits per heavy atom. The van der Waals surface area contributed by atoms with Crippen LogP contribution in [-0.4, -0.2) is 21.2 Å². The zero-order valence-electron chi connectivity index (χ0n) is 16.8. The number of hydrogen-bond acceptors (Lipinski definition) is 2. The number of aryl methyl sites for hydroxylation is 2. The van der Waals surface area contributed by atoms with E-state index in [0.717, 1.165) is 34.9 Å². The standard InChI is InChI=1S/C25H22N2O2/c1-25(2,3)29-24(28)27-19-10-6-7-14-11-12-15-13-17-16-8-4-5-9-18(16)26-22(17)23(27)21(15)20(14)19/h4-10,13,26H,11-12H2,1-3H3. The fraction of sp³-hybridized carbons (Fsp3) is 0.240. The predicted molar refractivity (Wildman–Crippen MR) is 118 cm³/mol. The van der Waals surface area contributed by atoms with E-state index < -0.39 is 5.60 Å². The van der Waals surface area contributed by atoms with Crippen LogP contribution in [0.5, 0.6) is 0 Å². The molecule has 5 aromatic rings. The molecule has 4 heteroatoms. The Morgan fingerprint density at radius 2 is 1.76 bits per heavy atom. The summed E-state index contributed by atoms with van der Waals surface area (Å²) >= 11 is 0. The van der Waals surface area contributed by atoms with E-state index in [2.05, 4.69) is 35.3 Å². The Morgan fingerprint density at radius 1 is 0.966 bits per heavy atom. The second-order valence-electron chi connectivity index (χ2n) is 8.98. The van der Waals surface area contributed by atoms with Gasteiger partial charge in [-0.25, -0.2) is 9.36 Å². The highest BCUT2D eigenvalue weighted by Crippen LogP contribution is 2.43. The molecule has 0 aliphatic heterocycles. The molecular formula is C25H22N2O2. The van der Waals surface area contributed by atoms with Gasteiger partial charge >= 0.3 is 6.09 Å². The van der Waals surface area contributed by atoms with Crippen molar-refractivity contribution >= 4 is 49.7 Å². The molecule has 0 amide bonds. The lowest BCUT2D eigenvalue weighted by Gasteiger charge is -2.20. The van der Waals surface area contributed by atoms with Crippen LogP contribution in [0, 0.1) is 0 Å². The van der Waals surface area contributed by atoms with Gasteiger partial charge in [-0.2, -0.15) is 0 Å². The molecule has 144 valence electrons. The average Bonchev–Trinajstić information content (AvgIpc) is 3.21. The molecule has 1 aliphatic rings. The molecule has 1 N–H and O–H groups in total. The lowest BCUT2D eigenvalue weighted by atomic mass is 9.90. The highest BCUT2D eigenvalue weighted by Gasteiger charge is 2.28. The summed E-state index contributed by atoms with van der Waals surface area (Å²) in [6.45, 7) is 5.73. The Bertz CT molecular complexity index is 1480. The number of rotatable bonds is 0. The third-order valence-electron chi connectivity index (χ3n) is 5.94. The topological polar surface area (TPSA) is 47.0 Å². The van der Waals surface area contributed by atoms with Crippen LogP contribution in [0.4, 0.5) is 4.79 Å². The van der Waals surface area contributed by atoms with Crippen molar-refractivity contribution in [2.24, 2.45) is 0 Å². The number of carbonyl (C=O) groups is 1. The van der Waals surface area contributed by atoms with Crippen LogP contribution in [0.15, 0.2) is 48.5 Å². The first kappa shape index (κ1) is 16.7. The Hall–Kier alpha value is -3.27. The number of ether oxygens (including phenoxy) is 1. The van der Waals surface area contributed by atoms with E-state index in [4.69, 9.17) is 4.74 Å². The first-order chi connectivity index (χ1) is 13.9. The molecule has 2 aromatic heterocycles. The highest BCUT2D eigenvalue weighted by molar-refractivity contribution is 6.26. The van der Waals surface area contributed by atoms with E-state index in [0.29, 0.717) is 0 Å². The maximum Gasteiger partial charge on any atom is 0.419 e. The van der Waals surface area contributed by atoms with Crippen molar-refractivity contribution < 1.29 is 9.53 Å². The summed E-state index contributed by atoms with van der Waals surface area (Å²) in [6, 6.07) is 16.9. The van der Waals surface area contributed by atoms with Crippen LogP contribution in [0.3, 0.4) is 0 Å². The quantitative estimate of drug-likeness (QED) is 0.341. The van der Waals surface area contributed by atoms with Crippen molar-refractivity contribution in [2.45, 2.75) is 39.2 Å². The van der Waals surface area contributed by atoms with Crippen LogP contribution < -0.4 is 0 Å². The fourth-order valence-corrected chi connectivity index (χ4v) is 4.88. The molecule has 2 heterocycles. The smallest absolute Gasteiger partial charge is 0.419 e. The molecule has 0 atom stereocenters. The monoisotopic (exact) mass is 382 g/mol. The number of hydrogen-bond donors (Lipinski definition) is 1. The molecule has 4 nitrogen and oxygen atoms in total. The number of aromatic amines is 1. The van der Waals surface area contributed by atoms with Crippen LogP contribution in [0.1, 0.15) is 31.9 Å². The lowest BCUT2D eigenvalue weighted by Crippen LogP contribution is -2.27. The van der Waals surface area contributed by atoms with Crippen molar-refractivity contribution in [1.82, 2.24) is 9.55 Å². The normalized spacial score (nSPS) is 13.9. The van der Waals surface area contributed by atoms with Crippen LogP contribution in [-0.2, 0) is 17.6 Å². The molecule has 0 bridgehead atoms. The highest BCUT2D eigenvalue weighted by atomic mass is 16.6. The third-order valence-corrected chi connectivity index (χ3v) is 5.94. The first-order valence-corrected chi connectivity index (χ1v) is 10.1. The molecular weight excluding hydrogens is 360 g/mol. The first-order valence-electron chi connectivity index (χ1n) is 10.1. The molecule has 6 rings (SSSR count). The zero-order chi connectivity index (χ0) is 19.9. The van der Waals surface area contributed by atoms with Gasteiger partial charge in [0.1, 0.15) is 5.60 Å². The summed E-state index contributed by atoms with van der Waals surface area (Å²) in [6.07, 6.45) is 1.65. The van der Waals surface area contributed by atoms with Gasteiger partial charge < -0.3 is 9.72 Å². The van der Waals surface area contributed by atoms with Gasteiger partial charge in [-0.3, -0.25) is 0 Å². The number of carbonyl (C=O) groups excluding carboxylic acids is 1. The number of H-pyrrole nitrogens is 1. The van der Waals surface area contributed by atoms with Gasteiger partial charge in [0.05, 0.1) is 16.6 Å². The minimum atomic E-state index is -0.561. The van der Waals surface area contributed by atoms with Crippen molar-refractivity contribution in [3.05, 3.63) is 59.7 Å². The van der Waals surface area contributed by atoms with Gasteiger partial charge in [0, 0.05) is 27.1 Å². The number of fused-ring (bicyclic) bond motifs is 4. The number of para-hydroxylation sites is 1. The third kappa shape index (κ3) is 2.23. The van der Waals surface area contributed by atoms with Crippen molar-refractivity contribution in [3.63, 3.8) is 0 Å². The maximum absolute atomic E-state index is 13.4. The lowest BCUT2D eigenvalue weighted by molar-refractivity contribution is 0.0551. The second-order valence-corrected chi connectivity index (χ2v) is 8.98. The molecule has 29 heavy (non-hydrogen) atoms. The largest absolute Gasteiger partial charge is 0.443 e. The predicted octanol–water partition coefficient (Wildman–Crippen LogP) is 6.31. The SMILES string of the molecule is CC(C)(C)OC(=O)n1c2cccc3c2c2c(cc4c5ccccc5[nH]c4c21)CC3. The molecule has 0 spiro atoms. The number of benzene rings is 3. The Labute approximate surface area is 168 Å². The molecule has 1 aliphatic carbocycles. The average molecular weight is 382 g/mol. The minimum Gasteiger partial charge on any atom is -0.443 e. The van der Waals surface area contributed by atoms with Gasteiger partial charge in [0.15, 0.2) is 0 Å². The fourth-order valence-electron chi connectivity index (χ4n) is 4.88. The molecule has 0 radical (unpaired) electrons. The number of nitrogens with zero attached hydrogens (tertiary/aromatic N) is 1. The molecule has 0 fully saturated rings. The molecule has 0 saturated carbocycles. The van der Waals surface area contributed by atoms with Gasteiger partial charge in [-0.05, 0) is 62.9 Å². The number of nitrogens with one attached hydrogen (secondary N) is 1. The Kier molecular flexibility index (Phi) is 3.11. The molecule has 3 aromatic carbocycles. The van der Waals surface area contributed by atoms with E-state index >= 15 is 0 Å². The molecule has 0 unspecified atom stereocenters. The summed E-state index contributed by atoms with van der Waals surface area (Å²) < 4.78 is 7.62. The van der Waals surface area contributed by atoms with E-state index in [9.17, 15) is 4.79 Å². The van der Waals surface area contributed by atoms with Crippen LogP contribution in [0.2, 0.25) is 0 Å². The van der Waals surface area contributed by atoms with Gasteiger partial charge in [-0.1, -0.05) is 30.3 Å². The van der Waals surface area contributed by atoms with Gasteiger partial charge in [0.2, 0.25) is 0 Å². The summed E-state index contributed by atoms with van der Waals surface area (Å²) in [7, 11) is 0. The summed E-state index contributed by atoms with van der Waals surface area (Å²) in [5, 5.41) is 4.73. The van der Waals surface area contributed by atoms with E-state index in [1.54, 1.807) is 4.57 Å². The minimum absolute atomic E-state index is 0.325. The second kappa shape index (κ2) is 5.41. The summed E-state index contributed by atoms with van der Waals surface area (Å²) in [5.41, 5.74) is 6.00. The van der Waals surface area contributed by atoms with Crippen molar-refractivity contribution in [3.8, 4) is 0 Å². The Balaban J connectivity index is 1.85. The van der Waals surface area contributed by atoms with E-state index in [1.165, 1.54) is 32.7 Å². The van der Waals surface area contributed by atoms with Gasteiger partial charge in [-0.15, -0.1) is 0 Å². The van der Waals surface area contributed by atoms with Crippen molar-refractivity contribution in [2.75, 3.05) is 0 Å². The van der Waals surface area contributed by atoms with Crippen LogP contribution in [0.25, 0.3) is 43.6 Å². The van der Waals surface area contributed by atoms with E-state index in [-0.39, 0.29) is 6.09 Å². The zero-order valence-corrected chi connectivity index (χ0v) is 16.8. The number of aromatic nitrogens is 2. The molecule has 0 saturated heterocycles. The maximum atomic E-state index is 13.4. The summed E-state index contributed by atoms with van der Waals surface area (Å²) in [4.78, 5) is 17.0. The van der Waals surface area contributed by atoms with E-state index in [1.807, 2.05) is 39.0 Å². The van der Waals surface area contributed by atoms with Crippen LogP contribution >= 0.6 is 0 Å². The van der Waals surface area contributed by atoms with Gasteiger partial charge in [0.25, 0.3) is 0 Å². The summed E-state index contributed by atoms with van der Waals surface area (Å²) in [5.74, 6) is 0. The van der Waals surface area contributed by atoms with Crippen molar-refractivity contribution in [1.29, 1.82) is 0 Å².